The highest BCUT2D eigenvalue weighted by Gasteiger charge is 2.08. The Labute approximate surface area is 108 Å². The Morgan fingerprint density at radius 2 is 2.18 bits per heavy atom. The first-order valence-corrected chi connectivity index (χ1v) is 6.37. The minimum absolute atomic E-state index is 0.251. The van der Waals surface area contributed by atoms with Gasteiger partial charge in [-0.2, -0.15) is 0 Å². The van der Waals surface area contributed by atoms with Crippen LogP contribution in [0.25, 0.3) is 0 Å². The molecule has 0 saturated carbocycles. The molecule has 96 valence electrons. The number of hydrogen-bond acceptors (Lipinski definition) is 4. The van der Waals surface area contributed by atoms with E-state index in [1.165, 1.54) is 6.33 Å². The van der Waals surface area contributed by atoms with E-state index in [1.54, 1.807) is 0 Å². The number of rotatable bonds is 7. The molecule has 5 heteroatoms. The minimum atomic E-state index is 0.251. The van der Waals surface area contributed by atoms with Gasteiger partial charge in [0.2, 0.25) is 0 Å². The Morgan fingerprint density at radius 1 is 1.41 bits per heavy atom. The molecule has 1 aromatic heterocycles. The van der Waals surface area contributed by atoms with Crippen LogP contribution < -0.4 is 5.32 Å². The SMILES string of the molecule is CCCc1c(Cl)ncnc1NCCOC(C)C. The molecule has 0 unspecified atom stereocenters. The van der Waals surface area contributed by atoms with E-state index in [-0.39, 0.29) is 6.10 Å². The zero-order valence-electron chi connectivity index (χ0n) is 10.7. The van der Waals surface area contributed by atoms with Crippen LogP contribution in [0.4, 0.5) is 5.82 Å². The van der Waals surface area contributed by atoms with E-state index in [9.17, 15) is 0 Å². The predicted octanol–water partition coefficient (Wildman–Crippen LogP) is 2.92. The van der Waals surface area contributed by atoms with Gasteiger partial charge in [-0.3, -0.25) is 0 Å². The summed E-state index contributed by atoms with van der Waals surface area (Å²) in [5.74, 6) is 0.819. The molecule has 1 heterocycles. The van der Waals surface area contributed by atoms with Crippen molar-refractivity contribution in [1.29, 1.82) is 0 Å². The van der Waals surface area contributed by atoms with E-state index in [4.69, 9.17) is 16.3 Å². The molecule has 1 N–H and O–H groups in total. The fourth-order valence-electron chi connectivity index (χ4n) is 1.48. The maximum atomic E-state index is 6.05. The first-order chi connectivity index (χ1) is 8.15. The highest BCUT2D eigenvalue weighted by Crippen LogP contribution is 2.21. The van der Waals surface area contributed by atoms with E-state index in [2.05, 4.69) is 22.2 Å². The van der Waals surface area contributed by atoms with Crippen molar-refractivity contribution in [2.45, 2.75) is 39.7 Å². The fourth-order valence-corrected chi connectivity index (χ4v) is 1.71. The number of nitrogens with one attached hydrogen (secondary N) is 1. The second-order valence-corrected chi connectivity index (χ2v) is 4.45. The summed E-state index contributed by atoms with van der Waals surface area (Å²) in [4.78, 5) is 8.21. The van der Waals surface area contributed by atoms with Gasteiger partial charge in [-0.05, 0) is 20.3 Å². The molecule has 0 spiro atoms. The molecule has 0 aliphatic rings. The van der Waals surface area contributed by atoms with Crippen LogP contribution in [0, 0.1) is 0 Å². The predicted molar refractivity (Wildman–Crippen MR) is 70.6 cm³/mol. The minimum Gasteiger partial charge on any atom is -0.377 e. The topological polar surface area (TPSA) is 47.0 Å². The number of hydrogen-bond donors (Lipinski definition) is 1. The van der Waals surface area contributed by atoms with Crippen molar-refractivity contribution in [1.82, 2.24) is 9.97 Å². The monoisotopic (exact) mass is 257 g/mol. The third-order valence-corrected chi connectivity index (χ3v) is 2.56. The van der Waals surface area contributed by atoms with Gasteiger partial charge in [0.15, 0.2) is 0 Å². The molecule has 17 heavy (non-hydrogen) atoms. The molecular formula is C12H20ClN3O. The number of halogens is 1. The lowest BCUT2D eigenvalue weighted by Gasteiger charge is -2.12. The van der Waals surface area contributed by atoms with E-state index in [0.29, 0.717) is 11.8 Å². The van der Waals surface area contributed by atoms with E-state index in [0.717, 1.165) is 30.8 Å². The molecule has 0 aromatic carbocycles. The average molecular weight is 258 g/mol. The highest BCUT2D eigenvalue weighted by atomic mass is 35.5. The van der Waals surface area contributed by atoms with Crippen LogP contribution in [-0.4, -0.2) is 29.2 Å². The summed E-state index contributed by atoms with van der Waals surface area (Å²) in [6.45, 7) is 7.52. The van der Waals surface area contributed by atoms with Crippen LogP contribution in [0.3, 0.4) is 0 Å². The van der Waals surface area contributed by atoms with E-state index in [1.807, 2.05) is 13.8 Å². The number of nitrogens with zero attached hydrogens (tertiary/aromatic N) is 2. The molecule has 1 rings (SSSR count). The standard InChI is InChI=1S/C12H20ClN3O/c1-4-5-10-11(13)15-8-16-12(10)14-6-7-17-9(2)3/h8-9H,4-7H2,1-3H3,(H,14,15,16). The molecule has 1 aromatic rings. The summed E-state index contributed by atoms with van der Waals surface area (Å²) in [6, 6.07) is 0. The van der Waals surface area contributed by atoms with Gasteiger partial charge in [-0.25, -0.2) is 9.97 Å². The Balaban J connectivity index is 2.54. The number of aromatic nitrogens is 2. The Kier molecular flexibility index (Phi) is 6.22. The summed E-state index contributed by atoms with van der Waals surface area (Å²) in [5, 5.41) is 3.77. The van der Waals surface area contributed by atoms with Gasteiger partial charge in [-0.1, -0.05) is 24.9 Å². The average Bonchev–Trinajstić information content (AvgIpc) is 2.28. The van der Waals surface area contributed by atoms with Crippen molar-refractivity contribution in [3.8, 4) is 0 Å². The van der Waals surface area contributed by atoms with Crippen molar-refractivity contribution in [3.05, 3.63) is 17.0 Å². The second kappa shape index (κ2) is 7.45. The highest BCUT2D eigenvalue weighted by molar-refractivity contribution is 6.30. The molecule has 0 amide bonds. The maximum Gasteiger partial charge on any atom is 0.137 e. The first-order valence-electron chi connectivity index (χ1n) is 6.00. The Bertz CT molecular complexity index is 345. The van der Waals surface area contributed by atoms with Gasteiger partial charge < -0.3 is 10.1 Å². The van der Waals surface area contributed by atoms with Crippen LogP contribution >= 0.6 is 11.6 Å². The number of ether oxygens (including phenoxy) is 1. The van der Waals surface area contributed by atoms with Gasteiger partial charge >= 0.3 is 0 Å². The summed E-state index contributed by atoms with van der Waals surface area (Å²) < 4.78 is 5.45. The summed E-state index contributed by atoms with van der Waals surface area (Å²) in [6.07, 6.45) is 3.63. The lowest BCUT2D eigenvalue weighted by Crippen LogP contribution is -2.15. The molecule has 0 bridgehead atoms. The van der Waals surface area contributed by atoms with Crippen molar-refractivity contribution in [3.63, 3.8) is 0 Å². The van der Waals surface area contributed by atoms with Gasteiger partial charge in [-0.15, -0.1) is 0 Å². The van der Waals surface area contributed by atoms with Gasteiger partial charge in [0.05, 0.1) is 12.7 Å². The number of anilines is 1. The van der Waals surface area contributed by atoms with Crippen LogP contribution in [0.2, 0.25) is 5.15 Å². The van der Waals surface area contributed by atoms with Crippen LogP contribution in [0.5, 0.6) is 0 Å². The van der Waals surface area contributed by atoms with Crippen molar-refractivity contribution in [2.24, 2.45) is 0 Å². The van der Waals surface area contributed by atoms with Crippen LogP contribution in [0.1, 0.15) is 32.8 Å². The molecular weight excluding hydrogens is 238 g/mol. The van der Waals surface area contributed by atoms with E-state index >= 15 is 0 Å². The Hall–Kier alpha value is -0.870. The van der Waals surface area contributed by atoms with Gasteiger partial charge in [0.25, 0.3) is 0 Å². The fraction of sp³-hybridized carbons (Fsp3) is 0.667. The molecule has 4 nitrogen and oxygen atoms in total. The van der Waals surface area contributed by atoms with Crippen molar-refractivity contribution < 1.29 is 4.74 Å². The third kappa shape index (κ3) is 4.88. The Morgan fingerprint density at radius 3 is 2.82 bits per heavy atom. The van der Waals surface area contributed by atoms with Crippen molar-refractivity contribution >= 4 is 17.4 Å². The molecule has 0 aliphatic carbocycles. The van der Waals surface area contributed by atoms with Crippen LogP contribution in [0.15, 0.2) is 6.33 Å². The molecule has 0 saturated heterocycles. The lowest BCUT2D eigenvalue weighted by molar-refractivity contribution is 0.0870. The molecule has 0 aliphatic heterocycles. The smallest absolute Gasteiger partial charge is 0.137 e. The summed E-state index contributed by atoms with van der Waals surface area (Å²) in [7, 11) is 0. The van der Waals surface area contributed by atoms with Gasteiger partial charge in [0.1, 0.15) is 17.3 Å². The maximum absolute atomic E-state index is 6.05. The molecule has 0 radical (unpaired) electrons. The van der Waals surface area contributed by atoms with E-state index < -0.39 is 0 Å². The first kappa shape index (κ1) is 14.2. The zero-order chi connectivity index (χ0) is 12.7. The lowest BCUT2D eigenvalue weighted by atomic mass is 10.2. The second-order valence-electron chi connectivity index (χ2n) is 4.09. The normalized spacial score (nSPS) is 10.9. The molecule has 0 atom stereocenters. The molecule has 0 fully saturated rings. The largest absolute Gasteiger partial charge is 0.377 e. The summed E-state index contributed by atoms with van der Waals surface area (Å²) >= 11 is 6.05. The quantitative estimate of drug-likeness (QED) is 0.603. The third-order valence-electron chi connectivity index (χ3n) is 2.24. The van der Waals surface area contributed by atoms with Gasteiger partial charge in [0, 0.05) is 12.1 Å². The zero-order valence-corrected chi connectivity index (χ0v) is 11.4. The van der Waals surface area contributed by atoms with Crippen molar-refractivity contribution in [2.75, 3.05) is 18.5 Å². The summed E-state index contributed by atoms with van der Waals surface area (Å²) in [5.41, 5.74) is 0.987. The van der Waals surface area contributed by atoms with Crippen LogP contribution in [-0.2, 0) is 11.2 Å².